The van der Waals surface area contributed by atoms with Crippen LogP contribution in [-0.2, 0) is 0 Å². The molecule has 2 aliphatic carbocycles. The molecule has 0 atom stereocenters. The highest BCUT2D eigenvalue weighted by Crippen LogP contribution is 2.51. The Bertz CT molecular complexity index is 2860. The van der Waals surface area contributed by atoms with Gasteiger partial charge in [-0.25, -0.2) is 0 Å². The van der Waals surface area contributed by atoms with Gasteiger partial charge in [-0.15, -0.1) is 0 Å². The van der Waals surface area contributed by atoms with Crippen molar-refractivity contribution in [3.05, 3.63) is 146 Å². The molecule has 0 aliphatic heterocycles. The molecule has 0 amide bonds. The number of hydrogen-bond donors (Lipinski definition) is 0. The summed E-state index contributed by atoms with van der Waals surface area (Å²) >= 11 is 0. The van der Waals surface area contributed by atoms with Gasteiger partial charge in [0, 0.05) is 0 Å². The van der Waals surface area contributed by atoms with E-state index in [2.05, 4.69) is 146 Å². The van der Waals surface area contributed by atoms with Crippen molar-refractivity contribution in [1.82, 2.24) is 0 Å². The molecule has 0 spiro atoms. The van der Waals surface area contributed by atoms with Gasteiger partial charge in [0.1, 0.15) is 0 Å². The molecule has 0 saturated heterocycles. The summed E-state index contributed by atoms with van der Waals surface area (Å²) in [6, 6.07) is 55.2. The molecular formula is C46H24. The minimum absolute atomic E-state index is 1.26. The minimum atomic E-state index is 1.26. The van der Waals surface area contributed by atoms with E-state index in [-0.39, 0.29) is 0 Å². The van der Waals surface area contributed by atoms with Crippen molar-refractivity contribution in [1.29, 1.82) is 0 Å². The summed E-state index contributed by atoms with van der Waals surface area (Å²) in [7, 11) is 0. The monoisotopic (exact) mass is 576 g/mol. The van der Waals surface area contributed by atoms with Gasteiger partial charge < -0.3 is 0 Å². The Balaban J connectivity index is 1.07. The van der Waals surface area contributed by atoms with Crippen LogP contribution < -0.4 is 0 Å². The van der Waals surface area contributed by atoms with E-state index in [0.29, 0.717) is 0 Å². The van der Waals surface area contributed by atoms with Crippen LogP contribution in [0.25, 0.3) is 120 Å². The first-order valence-electron chi connectivity index (χ1n) is 16.2. The molecule has 0 radical (unpaired) electrons. The number of rotatable bonds is 2. The Hall–Kier alpha value is -5.98. The lowest BCUT2D eigenvalue weighted by molar-refractivity contribution is 1.67. The summed E-state index contributed by atoms with van der Waals surface area (Å²) in [6.45, 7) is 0. The normalized spacial score (nSPS) is 12.8. The molecule has 208 valence electrons. The van der Waals surface area contributed by atoms with Crippen molar-refractivity contribution in [2.24, 2.45) is 0 Å². The molecule has 46 heavy (non-hydrogen) atoms. The molecule has 0 unspecified atom stereocenters. The van der Waals surface area contributed by atoms with Crippen LogP contribution in [0.3, 0.4) is 0 Å². The van der Waals surface area contributed by atoms with Crippen molar-refractivity contribution in [3.8, 4) is 44.5 Å². The standard InChI is InChI=1S/C46H24/c1-3-26-9-11-28-15-17-37-33(19-21-39-35(5-1)41(26)43(28)45(37)39)30-13-7-25-8-14-31(24-32(25)23-30)34-20-22-40-36-6-2-4-27-10-12-29-16-18-38(34)46(40)44(29)42(27)36/h1-24H. The molecule has 0 heteroatoms. The minimum Gasteiger partial charge on any atom is -0.0610 e. The second kappa shape index (κ2) is 7.99. The molecule has 0 aromatic heterocycles. The van der Waals surface area contributed by atoms with Crippen molar-refractivity contribution in [3.63, 3.8) is 0 Å². The molecule has 2 aliphatic rings. The van der Waals surface area contributed by atoms with E-state index >= 15 is 0 Å². The number of benzene rings is 10. The van der Waals surface area contributed by atoms with Gasteiger partial charge in [0.05, 0.1) is 0 Å². The summed E-state index contributed by atoms with van der Waals surface area (Å²) in [5, 5.41) is 18.9. The fourth-order valence-electron chi connectivity index (χ4n) is 9.06. The van der Waals surface area contributed by atoms with E-state index in [4.69, 9.17) is 0 Å². The van der Waals surface area contributed by atoms with E-state index in [0.717, 1.165) is 0 Å². The Morgan fingerprint density at radius 1 is 0.217 bits per heavy atom. The lowest BCUT2D eigenvalue weighted by Gasteiger charge is -2.13. The van der Waals surface area contributed by atoms with Gasteiger partial charge in [0.15, 0.2) is 0 Å². The van der Waals surface area contributed by atoms with E-state index in [1.165, 1.54) is 120 Å². The summed E-state index contributed by atoms with van der Waals surface area (Å²) in [4.78, 5) is 0. The SMILES string of the molecule is c1cc2c3c(c1)ccc1ccc4c(-c5ccc6ccc(-c7ccc8c9c7ccc7ccc%10cccc-8c%10c79)cc6c5)ccc-2c4c13. The van der Waals surface area contributed by atoms with Gasteiger partial charge >= 0.3 is 0 Å². The zero-order valence-electron chi connectivity index (χ0n) is 24.9. The first-order valence-corrected chi connectivity index (χ1v) is 16.2. The van der Waals surface area contributed by atoms with E-state index in [1.54, 1.807) is 0 Å². The van der Waals surface area contributed by atoms with Crippen LogP contribution in [0.15, 0.2) is 146 Å². The van der Waals surface area contributed by atoms with Crippen LogP contribution in [-0.4, -0.2) is 0 Å². The summed E-state index contributed by atoms with van der Waals surface area (Å²) in [5.41, 5.74) is 10.6. The molecular weight excluding hydrogens is 553 g/mol. The molecule has 0 nitrogen and oxygen atoms in total. The highest BCUT2D eigenvalue weighted by Gasteiger charge is 2.23. The fourth-order valence-corrected chi connectivity index (χ4v) is 9.06. The molecule has 0 saturated carbocycles. The topological polar surface area (TPSA) is 0 Å². The lowest BCUT2D eigenvalue weighted by atomic mass is 9.90. The second-order valence-corrected chi connectivity index (χ2v) is 13.2. The van der Waals surface area contributed by atoms with E-state index in [9.17, 15) is 0 Å². The van der Waals surface area contributed by atoms with Crippen molar-refractivity contribution in [2.75, 3.05) is 0 Å². The van der Waals surface area contributed by atoms with Gasteiger partial charge in [0.2, 0.25) is 0 Å². The number of hydrogen-bond acceptors (Lipinski definition) is 0. The second-order valence-electron chi connectivity index (χ2n) is 13.2. The maximum Gasteiger partial charge on any atom is -0.00139 e. The van der Waals surface area contributed by atoms with E-state index < -0.39 is 0 Å². The van der Waals surface area contributed by atoms with Crippen molar-refractivity contribution >= 4 is 75.4 Å². The van der Waals surface area contributed by atoms with Gasteiger partial charge in [-0.1, -0.05) is 133 Å². The smallest absolute Gasteiger partial charge is 0.00139 e. The molecule has 10 aromatic rings. The van der Waals surface area contributed by atoms with Crippen molar-refractivity contribution in [2.45, 2.75) is 0 Å². The zero-order valence-corrected chi connectivity index (χ0v) is 24.9. The fraction of sp³-hybridized carbons (Fsp3) is 0. The Kier molecular flexibility index (Phi) is 4.07. The first kappa shape index (κ1) is 23.4. The lowest BCUT2D eigenvalue weighted by Crippen LogP contribution is -1.86. The number of fused-ring (bicyclic) bond motifs is 3. The summed E-state index contributed by atoms with van der Waals surface area (Å²) in [6.07, 6.45) is 0. The average Bonchev–Trinajstić information content (AvgIpc) is 3.65. The van der Waals surface area contributed by atoms with Crippen LogP contribution in [0, 0.1) is 0 Å². The highest BCUT2D eigenvalue weighted by atomic mass is 14.3. The largest absolute Gasteiger partial charge is 0.0610 e. The molecule has 0 N–H and O–H groups in total. The van der Waals surface area contributed by atoms with Crippen LogP contribution in [0.4, 0.5) is 0 Å². The first-order chi connectivity index (χ1) is 22.8. The maximum atomic E-state index is 2.40. The van der Waals surface area contributed by atoms with Gasteiger partial charge in [-0.05, 0) is 132 Å². The Morgan fingerprint density at radius 3 is 1.11 bits per heavy atom. The molecule has 0 heterocycles. The van der Waals surface area contributed by atoms with Gasteiger partial charge in [-0.3, -0.25) is 0 Å². The predicted molar refractivity (Wildman–Crippen MR) is 198 cm³/mol. The predicted octanol–water partition coefficient (Wildman–Crippen LogP) is 13.1. The molecule has 0 fully saturated rings. The quantitative estimate of drug-likeness (QED) is 0.180. The van der Waals surface area contributed by atoms with Crippen LogP contribution in [0.5, 0.6) is 0 Å². The highest BCUT2D eigenvalue weighted by molar-refractivity contribution is 6.35. The van der Waals surface area contributed by atoms with Gasteiger partial charge in [-0.2, -0.15) is 0 Å². The Labute approximate surface area is 264 Å². The summed E-state index contributed by atoms with van der Waals surface area (Å²) < 4.78 is 0. The third-order valence-corrected chi connectivity index (χ3v) is 11.0. The van der Waals surface area contributed by atoms with E-state index in [1.807, 2.05) is 0 Å². The molecule has 0 bridgehead atoms. The van der Waals surface area contributed by atoms with Crippen LogP contribution in [0.2, 0.25) is 0 Å². The van der Waals surface area contributed by atoms with Gasteiger partial charge in [0.25, 0.3) is 0 Å². The maximum absolute atomic E-state index is 2.40. The third-order valence-electron chi connectivity index (χ3n) is 11.0. The Morgan fingerprint density at radius 2 is 0.609 bits per heavy atom. The zero-order chi connectivity index (χ0) is 29.7. The molecule has 10 aromatic carbocycles. The van der Waals surface area contributed by atoms with Crippen LogP contribution >= 0.6 is 0 Å². The third kappa shape index (κ3) is 2.74. The molecule has 12 rings (SSSR count). The average molecular weight is 577 g/mol. The summed E-state index contributed by atoms with van der Waals surface area (Å²) in [5.74, 6) is 0. The van der Waals surface area contributed by atoms with Crippen LogP contribution in [0.1, 0.15) is 0 Å². The van der Waals surface area contributed by atoms with Crippen molar-refractivity contribution < 1.29 is 0 Å².